The fourth-order valence-electron chi connectivity index (χ4n) is 1.91. The average molecular weight is 254 g/mol. The van der Waals surface area contributed by atoms with Crippen LogP contribution in [0, 0.1) is 0 Å². The molecule has 2 rings (SSSR count). The summed E-state index contributed by atoms with van der Waals surface area (Å²) < 4.78 is 0. The second-order valence-electron chi connectivity index (χ2n) is 4.53. The molecule has 0 saturated heterocycles. The third kappa shape index (κ3) is 3.41. The first-order valence-electron chi connectivity index (χ1n) is 6.50. The Labute approximate surface area is 113 Å². The van der Waals surface area contributed by atoms with Crippen molar-refractivity contribution in [1.29, 1.82) is 0 Å². The van der Waals surface area contributed by atoms with Crippen LogP contribution in [0.5, 0.6) is 0 Å². The molecule has 0 aliphatic heterocycles. The number of aryl methyl sites for hydroxylation is 1. The van der Waals surface area contributed by atoms with Gasteiger partial charge in [-0.2, -0.15) is 0 Å². The monoisotopic (exact) mass is 254 g/mol. The fraction of sp³-hybridized carbons (Fsp3) is 0.250. The van der Waals surface area contributed by atoms with Gasteiger partial charge in [0.1, 0.15) is 0 Å². The molecule has 0 radical (unpaired) electrons. The van der Waals surface area contributed by atoms with Crippen molar-refractivity contribution in [1.82, 2.24) is 10.3 Å². The number of amides is 1. The lowest BCUT2D eigenvalue weighted by Crippen LogP contribution is -2.26. The van der Waals surface area contributed by atoms with Gasteiger partial charge in [0, 0.05) is 18.0 Å². The molecule has 98 valence electrons. The highest BCUT2D eigenvalue weighted by Crippen LogP contribution is 2.14. The summed E-state index contributed by atoms with van der Waals surface area (Å²) in [5.41, 5.74) is 3.04. The van der Waals surface area contributed by atoms with Crippen molar-refractivity contribution in [2.75, 3.05) is 0 Å². The second kappa shape index (κ2) is 6.14. The van der Waals surface area contributed by atoms with Crippen molar-refractivity contribution in [3.63, 3.8) is 0 Å². The number of hydrogen-bond acceptors (Lipinski definition) is 2. The Morgan fingerprint density at radius 3 is 2.37 bits per heavy atom. The quantitative estimate of drug-likeness (QED) is 0.910. The highest BCUT2D eigenvalue weighted by molar-refractivity contribution is 5.94. The summed E-state index contributed by atoms with van der Waals surface area (Å²) in [5.74, 6) is -0.0746. The SMILES string of the molecule is CCc1ccc([C@@H](C)NC(=O)c2ccncc2)cc1. The van der Waals surface area contributed by atoms with Crippen LogP contribution in [0.15, 0.2) is 48.8 Å². The van der Waals surface area contributed by atoms with Gasteiger partial charge in [0.15, 0.2) is 0 Å². The number of nitrogens with one attached hydrogen (secondary N) is 1. The van der Waals surface area contributed by atoms with E-state index in [-0.39, 0.29) is 11.9 Å². The number of carbonyl (C=O) groups excluding carboxylic acids is 1. The largest absolute Gasteiger partial charge is 0.346 e. The molecule has 1 aromatic heterocycles. The average Bonchev–Trinajstić information content (AvgIpc) is 2.48. The van der Waals surface area contributed by atoms with E-state index in [0.29, 0.717) is 5.56 Å². The van der Waals surface area contributed by atoms with Crippen molar-refractivity contribution in [3.05, 3.63) is 65.5 Å². The van der Waals surface area contributed by atoms with Gasteiger partial charge in [0.25, 0.3) is 5.91 Å². The highest BCUT2D eigenvalue weighted by atomic mass is 16.1. The summed E-state index contributed by atoms with van der Waals surface area (Å²) in [6.07, 6.45) is 4.27. The molecule has 1 aromatic carbocycles. The lowest BCUT2D eigenvalue weighted by molar-refractivity contribution is 0.0940. The van der Waals surface area contributed by atoms with Crippen LogP contribution in [0.2, 0.25) is 0 Å². The first kappa shape index (κ1) is 13.3. The molecule has 0 spiro atoms. The van der Waals surface area contributed by atoms with Gasteiger partial charge in [-0.15, -0.1) is 0 Å². The molecule has 0 unspecified atom stereocenters. The molecule has 0 aliphatic carbocycles. The van der Waals surface area contributed by atoms with E-state index in [1.54, 1.807) is 24.5 Å². The molecule has 1 atom stereocenters. The maximum absolute atomic E-state index is 12.0. The van der Waals surface area contributed by atoms with E-state index in [4.69, 9.17) is 0 Å². The molecule has 3 heteroatoms. The molecule has 1 heterocycles. The van der Waals surface area contributed by atoms with Gasteiger partial charge >= 0.3 is 0 Å². The Balaban J connectivity index is 2.04. The zero-order valence-electron chi connectivity index (χ0n) is 11.3. The van der Waals surface area contributed by atoms with E-state index in [0.717, 1.165) is 12.0 Å². The van der Waals surface area contributed by atoms with Gasteiger partial charge in [-0.05, 0) is 36.6 Å². The number of carbonyl (C=O) groups is 1. The van der Waals surface area contributed by atoms with Crippen molar-refractivity contribution >= 4 is 5.91 Å². The molecule has 0 fully saturated rings. The maximum Gasteiger partial charge on any atom is 0.251 e. The van der Waals surface area contributed by atoms with Crippen LogP contribution in [-0.2, 0) is 6.42 Å². The summed E-state index contributed by atoms with van der Waals surface area (Å²) in [6, 6.07) is 11.7. The molecule has 2 aromatic rings. The van der Waals surface area contributed by atoms with Crippen LogP contribution < -0.4 is 5.32 Å². The van der Waals surface area contributed by atoms with E-state index in [2.05, 4.69) is 41.5 Å². The van der Waals surface area contributed by atoms with Crippen molar-refractivity contribution in [2.24, 2.45) is 0 Å². The van der Waals surface area contributed by atoms with Gasteiger partial charge < -0.3 is 5.32 Å². The van der Waals surface area contributed by atoms with Crippen molar-refractivity contribution in [2.45, 2.75) is 26.3 Å². The van der Waals surface area contributed by atoms with Crippen LogP contribution >= 0.6 is 0 Å². The minimum absolute atomic E-state index is 0.00780. The zero-order chi connectivity index (χ0) is 13.7. The molecule has 1 amide bonds. The zero-order valence-corrected chi connectivity index (χ0v) is 11.3. The molecule has 19 heavy (non-hydrogen) atoms. The van der Waals surface area contributed by atoms with E-state index in [1.807, 2.05) is 6.92 Å². The first-order chi connectivity index (χ1) is 9.20. The highest BCUT2D eigenvalue weighted by Gasteiger charge is 2.10. The Bertz CT molecular complexity index is 534. The second-order valence-corrected chi connectivity index (χ2v) is 4.53. The van der Waals surface area contributed by atoms with Crippen molar-refractivity contribution in [3.8, 4) is 0 Å². The molecule has 0 aliphatic rings. The van der Waals surface area contributed by atoms with Gasteiger partial charge in [-0.1, -0.05) is 31.2 Å². The Hall–Kier alpha value is -2.16. The molecule has 3 nitrogen and oxygen atoms in total. The van der Waals surface area contributed by atoms with Crippen LogP contribution in [0.3, 0.4) is 0 Å². The molecule has 0 bridgehead atoms. The van der Waals surface area contributed by atoms with E-state index in [1.165, 1.54) is 5.56 Å². The normalized spacial score (nSPS) is 11.9. The summed E-state index contributed by atoms with van der Waals surface area (Å²) in [6.45, 7) is 4.11. The summed E-state index contributed by atoms with van der Waals surface area (Å²) in [4.78, 5) is 15.9. The number of aromatic nitrogens is 1. The summed E-state index contributed by atoms with van der Waals surface area (Å²) in [7, 11) is 0. The topological polar surface area (TPSA) is 42.0 Å². The first-order valence-corrected chi connectivity index (χ1v) is 6.50. The van der Waals surface area contributed by atoms with E-state index < -0.39 is 0 Å². The fourth-order valence-corrected chi connectivity index (χ4v) is 1.91. The number of nitrogens with zero attached hydrogens (tertiary/aromatic N) is 1. The van der Waals surface area contributed by atoms with Crippen LogP contribution in [0.25, 0.3) is 0 Å². The Kier molecular flexibility index (Phi) is 4.29. The minimum atomic E-state index is -0.0746. The van der Waals surface area contributed by atoms with E-state index >= 15 is 0 Å². The summed E-state index contributed by atoms with van der Waals surface area (Å²) in [5, 5.41) is 2.98. The molecule has 1 N–H and O–H groups in total. The Morgan fingerprint density at radius 1 is 1.16 bits per heavy atom. The van der Waals surface area contributed by atoms with Crippen LogP contribution in [0.1, 0.15) is 41.4 Å². The lowest BCUT2D eigenvalue weighted by Gasteiger charge is -2.14. The minimum Gasteiger partial charge on any atom is -0.346 e. The number of hydrogen-bond donors (Lipinski definition) is 1. The lowest BCUT2D eigenvalue weighted by atomic mass is 10.0. The third-order valence-electron chi connectivity index (χ3n) is 3.18. The van der Waals surface area contributed by atoms with E-state index in [9.17, 15) is 4.79 Å². The number of pyridine rings is 1. The molecule has 0 saturated carbocycles. The van der Waals surface area contributed by atoms with Crippen molar-refractivity contribution < 1.29 is 4.79 Å². The van der Waals surface area contributed by atoms with Gasteiger partial charge in [-0.3, -0.25) is 9.78 Å². The van der Waals surface area contributed by atoms with Crippen LogP contribution in [0.4, 0.5) is 0 Å². The maximum atomic E-state index is 12.0. The standard InChI is InChI=1S/C16H18N2O/c1-3-13-4-6-14(7-5-13)12(2)18-16(19)15-8-10-17-11-9-15/h4-12H,3H2,1-2H3,(H,18,19)/t12-/m1/s1. The van der Waals surface area contributed by atoms with Gasteiger partial charge in [-0.25, -0.2) is 0 Å². The third-order valence-corrected chi connectivity index (χ3v) is 3.18. The van der Waals surface area contributed by atoms with Gasteiger partial charge in [0.2, 0.25) is 0 Å². The smallest absolute Gasteiger partial charge is 0.251 e. The molecular weight excluding hydrogens is 236 g/mol. The predicted octanol–water partition coefficient (Wildman–Crippen LogP) is 3.14. The number of rotatable bonds is 4. The van der Waals surface area contributed by atoms with Crippen LogP contribution in [-0.4, -0.2) is 10.9 Å². The number of benzene rings is 1. The van der Waals surface area contributed by atoms with Gasteiger partial charge in [0.05, 0.1) is 6.04 Å². The summed E-state index contributed by atoms with van der Waals surface area (Å²) >= 11 is 0. The predicted molar refractivity (Wildman–Crippen MR) is 75.9 cm³/mol. The Morgan fingerprint density at radius 2 is 1.79 bits per heavy atom. The molecular formula is C16H18N2O.